The maximum Gasteiger partial charge on any atom is 0.305 e. The molecule has 2 heterocycles. The average molecular weight is 539 g/mol. The number of carbonyl (C=O) groups is 3. The minimum atomic E-state index is -1.74. The summed E-state index contributed by atoms with van der Waals surface area (Å²) in [6.45, 7) is 0.808. The fraction of sp³-hybridized carbons (Fsp3) is 0.864. The molecular formula is C22H38N2O13. The van der Waals surface area contributed by atoms with Crippen LogP contribution in [0.1, 0.15) is 33.1 Å². The van der Waals surface area contributed by atoms with Crippen LogP contribution in [-0.4, -0.2) is 141 Å². The standard InChI is InChI=1S/C22H38N2O13/c1-10(27)23-15-19(32)17(30)12(8-25)36-21(15)24(11(2)28)16-20(33)18(31)13(9-26)37-22(16)35-7-5-4-6-14(29)34-3/h12-13,15-22,25-26,30-33H,4-9H2,1-3H3,(H,23,27). The van der Waals surface area contributed by atoms with Crippen molar-refractivity contribution in [3.8, 4) is 0 Å². The maximum absolute atomic E-state index is 12.9. The van der Waals surface area contributed by atoms with Gasteiger partial charge in [-0.15, -0.1) is 0 Å². The fourth-order valence-corrected chi connectivity index (χ4v) is 4.46. The molecule has 37 heavy (non-hydrogen) atoms. The maximum atomic E-state index is 12.9. The fourth-order valence-electron chi connectivity index (χ4n) is 4.46. The summed E-state index contributed by atoms with van der Waals surface area (Å²) >= 11 is 0. The van der Waals surface area contributed by atoms with Crippen molar-refractivity contribution in [3.05, 3.63) is 0 Å². The van der Waals surface area contributed by atoms with E-state index in [1.54, 1.807) is 0 Å². The Morgan fingerprint density at radius 3 is 2.03 bits per heavy atom. The largest absolute Gasteiger partial charge is 0.469 e. The molecule has 0 saturated carbocycles. The molecule has 0 aromatic rings. The van der Waals surface area contributed by atoms with Crippen molar-refractivity contribution in [3.63, 3.8) is 0 Å². The number of nitrogens with one attached hydrogen (secondary N) is 1. The zero-order valence-corrected chi connectivity index (χ0v) is 21.0. The number of methoxy groups -OCH3 is 1. The number of ether oxygens (including phenoxy) is 4. The Bertz CT molecular complexity index is 771. The van der Waals surface area contributed by atoms with Crippen molar-refractivity contribution >= 4 is 17.8 Å². The van der Waals surface area contributed by atoms with Crippen LogP contribution >= 0.6 is 0 Å². The van der Waals surface area contributed by atoms with Gasteiger partial charge in [0, 0.05) is 26.9 Å². The summed E-state index contributed by atoms with van der Waals surface area (Å²) < 4.78 is 21.7. The third kappa shape index (κ3) is 7.55. The monoisotopic (exact) mass is 538 g/mol. The Kier molecular flexibility index (Phi) is 12.1. The minimum Gasteiger partial charge on any atom is -0.469 e. The van der Waals surface area contributed by atoms with Gasteiger partial charge in [0.1, 0.15) is 48.7 Å². The highest BCUT2D eigenvalue weighted by Crippen LogP contribution is 2.32. The molecule has 0 bridgehead atoms. The van der Waals surface area contributed by atoms with Gasteiger partial charge >= 0.3 is 5.97 Å². The number of amides is 2. The molecule has 0 radical (unpaired) electrons. The lowest BCUT2D eigenvalue weighted by Crippen LogP contribution is -2.74. The van der Waals surface area contributed by atoms with E-state index in [4.69, 9.17) is 14.2 Å². The molecule has 0 aromatic carbocycles. The Morgan fingerprint density at radius 1 is 0.892 bits per heavy atom. The molecule has 0 aliphatic carbocycles. The van der Waals surface area contributed by atoms with Gasteiger partial charge in [-0.1, -0.05) is 0 Å². The van der Waals surface area contributed by atoms with Gasteiger partial charge in [-0.2, -0.15) is 0 Å². The lowest BCUT2D eigenvalue weighted by molar-refractivity contribution is -0.308. The smallest absolute Gasteiger partial charge is 0.305 e. The summed E-state index contributed by atoms with van der Waals surface area (Å²) in [6.07, 6.45) is -11.4. The zero-order valence-electron chi connectivity index (χ0n) is 21.0. The van der Waals surface area contributed by atoms with E-state index in [-0.39, 0.29) is 13.0 Å². The van der Waals surface area contributed by atoms with Crippen LogP contribution in [0.25, 0.3) is 0 Å². The van der Waals surface area contributed by atoms with Crippen molar-refractivity contribution in [2.75, 3.05) is 26.9 Å². The molecule has 7 N–H and O–H groups in total. The first-order valence-corrected chi connectivity index (χ1v) is 12.0. The normalized spacial score (nSPS) is 36.0. The van der Waals surface area contributed by atoms with Gasteiger partial charge in [-0.3, -0.25) is 14.4 Å². The number of unbranched alkanes of at least 4 members (excludes halogenated alkanes) is 1. The molecule has 2 amide bonds. The summed E-state index contributed by atoms with van der Waals surface area (Å²) in [6, 6.07) is -2.88. The molecule has 10 atom stereocenters. The van der Waals surface area contributed by atoms with Gasteiger partial charge in [0.2, 0.25) is 11.8 Å². The van der Waals surface area contributed by atoms with Crippen molar-refractivity contribution in [2.24, 2.45) is 0 Å². The highest BCUT2D eigenvalue weighted by molar-refractivity contribution is 5.75. The molecule has 0 spiro atoms. The van der Waals surface area contributed by atoms with Crippen LogP contribution in [0.15, 0.2) is 0 Å². The van der Waals surface area contributed by atoms with Gasteiger partial charge in [-0.05, 0) is 12.8 Å². The third-order valence-electron chi connectivity index (χ3n) is 6.36. The second-order valence-corrected chi connectivity index (χ2v) is 8.98. The average Bonchev–Trinajstić information content (AvgIpc) is 2.85. The van der Waals surface area contributed by atoms with Gasteiger partial charge < -0.3 is 59.8 Å². The molecule has 2 aliphatic rings. The Hall–Kier alpha value is -1.95. The first kappa shape index (κ1) is 31.3. The number of esters is 1. The molecule has 15 nitrogen and oxygen atoms in total. The molecule has 15 heteroatoms. The van der Waals surface area contributed by atoms with Gasteiger partial charge in [0.25, 0.3) is 0 Å². The molecule has 214 valence electrons. The first-order valence-electron chi connectivity index (χ1n) is 12.0. The molecule has 2 fully saturated rings. The van der Waals surface area contributed by atoms with E-state index >= 15 is 0 Å². The molecular weight excluding hydrogens is 500 g/mol. The van der Waals surface area contributed by atoms with Crippen molar-refractivity contribution in [2.45, 2.75) is 94.3 Å². The summed E-state index contributed by atoms with van der Waals surface area (Å²) in [7, 11) is 1.26. The summed E-state index contributed by atoms with van der Waals surface area (Å²) in [5.41, 5.74) is 0. The van der Waals surface area contributed by atoms with Crippen molar-refractivity contribution < 1.29 is 64.0 Å². The summed E-state index contributed by atoms with van der Waals surface area (Å²) in [5.74, 6) is -1.79. The molecule has 10 unspecified atom stereocenters. The third-order valence-corrected chi connectivity index (χ3v) is 6.36. The Morgan fingerprint density at radius 2 is 1.49 bits per heavy atom. The molecule has 0 aromatic heterocycles. The van der Waals surface area contributed by atoms with Gasteiger partial charge in [-0.25, -0.2) is 0 Å². The number of carbonyl (C=O) groups excluding carboxylic acids is 3. The number of hydrogen-bond acceptors (Lipinski definition) is 13. The SMILES string of the molecule is COC(=O)CCCCOC1OC(CO)C(O)C(O)C1N(C(C)=O)C1OC(CO)C(O)C(O)C1NC(C)=O. The Labute approximate surface area is 213 Å². The van der Waals surface area contributed by atoms with E-state index in [0.717, 1.165) is 18.7 Å². The van der Waals surface area contributed by atoms with Crippen LogP contribution in [0.2, 0.25) is 0 Å². The number of rotatable bonds is 11. The Balaban J connectivity index is 2.38. The van der Waals surface area contributed by atoms with E-state index < -0.39 is 92.2 Å². The van der Waals surface area contributed by atoms with Crippen LogP contribution in [0, 0.1) is 0 Å². The quantitative estimate of drug-likeness (QED) is 0.0983. The van der Waals surface area contributed by atoms with E-state index in [0.29, 0.717) is 12.8 Å². The van der Waals surface area contributed by atoms with E-state index in [9.17, 15) is 45.0 Å². The number of nitrogens with zero attached hydrogens (tertiary/aromatic N) is 1. The number of aliphatic hydroxyl groups excluding tert-OH is 6. The van der Waals surface area contributed by atoms with Crippen molar-refractivity contribution in [1.82, 2.24) is 10.2 Å². The second kappa shape index (κ2) is 14.3. The van der Waals surface area contributed by atoms with Crippen molar-refractivity contribution in [1.29, 1.82) is 0 Å². The number of hydrogen-bond donors (Lipinski definition) is 7. The highest BCUT2D eigenvalue weighted by Gasteiger charge is 2.55. The predicted molar refractivity (Wildman–Crippen MR) is 121 cm³/mol. The predicted octanol–water partition coefficient (Wildman–Crippen LogP) is -4.05. The molecule has 2 saturated heterocycles. The van der Waals surface area contributed by atoms with E-state index in [2.05, 4.69) is 10.1 Å². The summed E-state index contributed by atoms with van der Waals surface area (Å²) in [5, 5.41) is 64.2. The van der Waals surface area contributed by atoms with Crippen LogP contribution in [0.3, 0.4) is 0 Å². The molecule has 2 aliphatic heterocycles. The number of aliphatic hydroxyl groups is 6. The van der Waals surface area contributed by atoms with Crippen LogP contribution < -0.4 is 5.32 Å². The molecule has 2 rings (SSSR count). The van der Waals surface area contributed by atoms with Crippen LogP contribution in [0.5, 0.6) is 0 Å². The van der Waals surface area contributed by atoms with Gasteiger partial charge in [0.15, 0.2) is 12.5 Å². The van der Waals surface area contributed by atoms with E-state index in [1.807, 2.05) is 0 Å². The summed E-state index contributed by atoms with van der Waals surface area (Å²) in [4.78, 5) is 37.0. The zero-order chi connectivity index (χ0) is 27.9. The topological polar surface area (TPSA) is 225 Å². The minimum absolute atomic E-state index is 0.00782. The lowest BCUT2D eigenvalue weighted by Gasteiger charge is -2.52. The second-order valence-electron chi connectivity index (χ2n) is 8.98. The van der Waals surface area contributed by atoms with E-state index in [1.165, 1.54) is 7.11 Å². The lowest BCUT2D eigenvalue weighted by atomic mass is 9.91. The van der Waals surface area contributed by atoms with Gasteiger partial charge in [0.05, 0.1) is 20.3 Å². The highest BCUT2D eigenvalue weighted by atomic mass is 16.7. The van der Waals surface area contributed by atoms with Crippen LogP contribution in [0.4, 0.5) is 0 Å². The first-order chi connectivity index (χ1) is 17.5. The van der Waals surface area contributed by atoms with Crippen LogP contribution in [-0.2, 0) is 33.3 Å².